The highest BCUT2D eigenvalue weighted by Crippen LogP contribution is 2.26. The van der Waals surface area contributed by atoms with Crippen molar-refractivity contribution in [2.75, 3.05) is 31.3 Å². The molecule has 0 amide bonds. The van der Waals surface area contributed by atoms with Gasteiger partial charge in [0, 0.05) is 23.9 Å². The molecule has 29 heavy (non-hydrogen) atoms. The molecule has 0 aliphatic carbocycles. The number of nitrogens with one attached hydrogen (secondary N) is 2. The van der Waals surface area contributed by atoms with Gasteiger partial charge in [-0.3, -0.25) is 0 Å². The summed E-state index contributed by atoms with van der Waals surface area (Å²) in [6, 6.07) is 9.51. The average molecular weight is 417 g/mol. The zero-order valence-corrected chi connectivity index (χ0v) is 19.2. The van der Waals surface area contributed by atoms with E-state index in [1.54, 1.807) is 18.4 Å². The van der Waals surface area contributed by atoms with Crippen LogP contribution in [0.25, 0.3) is 5.65 Å². The minimum absolute atomic E-state index is 0.333. The highest BCUT2D eigenvalue weighted by atomic mass is 32.2. The maximum atomic E-state index is 12.2. The van der Waals surface area contributed by atoms with Crippen LogP contribution in [0.2, 0.25) is 0 Å². The second kappa shape index (κ2) is 10.4. The molecule has 0 aliphatic heterocycles. The van der Waals surface area contributed by atoms with Crippen molar-refractivity contribution in [1.29, 1.82) is 0 Å². The van der Waals surface area contributed by atoms with Gasteiger partial charge in [0.15, 0.2) is 5.65 Å². The van der Waals surface area contributed by atoms with Gasteiger partial charge in [0.05, 0.1) is 11.1 Å². The van der Waals surface area contributed by atoms with Crippen molar-refractivity contribution in [3.63, 3.8) is 0 Å². The molecule has 2 N–H and O–H groups in total. The fraction of sp³-hybridized carbons (Fsp3) is 0.429. The molecule has 3 rings (SSSR count). The minimum Gasteiger partial charge on any atom is -0.370 e. The van der Waals surface area contributed by atoms with E-state index in [0.717, 1.165) is 40.0 Å². The Bertz CT molecular complexity index is 950. The SMILES string of the molecule is CC.CCNc1cc(Nc2ccc(S(=O)N(C)C)cc2)n2ncc(C(C)C)c2n1. The van der Waals surface area contributed by atoms with E-state index in [4.69, 9.17) is 4.98 Å². The van der Waals surface area contributed by atoms with Crippen LogP contribution in [0.4, 0.5) is 17.3 Å². The Morgan fingerprint density at radius 2 is 1.83 bits per heavy atom. The third-order valence-corrected chi connectivity index (χ3v) is 5.48. The summed E-state index contributed by atoms with van der Waals surface area (Å²) >= 11 is 0. The lowest BCUT2D eigenvalue weighted by atomic mass is 10.1. The van der Waals surface area contributed by atoms with Crippen LogP contribution in [-0.2, 0) is 11.0 Å². The highest BCUT2D eigenvalue weighted by molar-refractivity contribution is 7.82. The summed E-state index contributed by atoms with van der Waals surface area (Å²) in [5.41, 5.74) is 2.84. The van der Waals surface area contributed by atoms with Crippen molar-refractivity contribution < 1.29 is 4.21 Å². The molecule has 0 fully saturated rings. The van der Waals surface area contributed by atoms with Crippen molar-refractivity contribution >= 4 is 34.0 Å². The first-order valence-electron chi connectivity index (χ1n) is 9.99. The van der Waals surface area contributed by atoms with E-state index in [2.05, 4.69) is 29.6 Å². The Morgan fingerprint density at radius 3 is 2.38 bits per heavy atom. The van der Waals surface area contributed by atoms with E-state index in [-0.39, 0.29) is 0 Å². The Hall–Kier alpha value is -2.45. The molecule has 2 heterocycles. The summed E-state index contributed by atoms with van der Waals surface area (Å²) in [5.74, 6) is 1.96. The number of fused-ring (bicyclic) bond motifs is 1. The fourth-order valence-corrected chi connectivity index (χ4v) is 3.55. The summed E-state index contributed by atoms with van der Waals surface area (Å²) in [6.07, 6.45) is 1.87. The summed E-state index contributed by atoms with van der Waals surface area (Å²) < 4.78 is 15.7. The summed E-state index contributed by atoms with van der Waals surface area (Å²) in [5, 5.41) is 11.2. The van der Waals surface area contributed by atoms with Crippen molar-refractivity contribution in [2.24, 2.45) is 0 Å². The highest BCUT2D eigenvalue weighted by Gasteiger charge is 2.14. The van der Waals surface area contributed by atoms with Crippen LogP contribution in [0, 0.1) is 0 Å². The molecular formula is C21H32N6OS. The van der Waals surface area contributed by atoms with Gasteiger partial charge in [-0.25, -0.2) is 13.5 Å². The molecule has 0 saturated heterocycles. The van der Waals surface area contributed by atoms with Gasteiger partial charge in [-0.2, -0.15) is 9.61 Å². The van der Waals surface area contributed by atoms with E-state index in [9.17, 15) is 4.21 Å². The Balaban J connectivity index is 0.00000145. The molecule has 1 atom stereocenters. The molecule has 0 bridgehead atoms. The van der Waals surface area contributed by atoms with Crippen LogP contribution in [0.3, 0.4) is 0 Å². The van der Waals surface area contributed by atoms with Crippen molar-refractivity contribution in [3.05, 3.63) is 42.1 Å². The van der Waals surface area contributed by atoms with Crippen LogP contribution in [0.5, 0.6) is 0 Å². The topological polar surface area (TPSA) is 74.6 Å². The van der Waals surface area contributed by atoms with E-state index in [1.807, 2.05) is 61.8 Å². The molecule has 1 unspecified atom stereocenters. The van der Waals surface area contributed by atoms with Crippen LogP contribution in [-0.4, -0.2) is 43.8 Å². The van der Waals surface area contributed by atoms with Crippen molar-refractivity contribution in [3.8, 4) is 0 Å². The predicted octanol–water partition coefficient (Wildman–Crippen LogP) is 4.64. The van der Waals surface area contributed by atoms with Gasteiger partial charge in [0.2, 0.25) is 0 Å². The van der Waals surface area contributed by atoms with E-state index < -0.39 is 11.0 Å². The van der Waals surface area contributed by atoms with E-state index in [0.29, 0.717) is 5.92 Å². The van der Waals surface area contributed by atoms with Gasteiger partial charge in [-0.05, 0) is 51.2 Å². The number of rotatable bonds is 7. The van der Waals surface area contributed by atoms with Gasteiger partial charge in [0.1, 0.15) is 22.6 Å². The summed E-state index contributed by atoms with van der Waals surface area (Å²) in [6.45, 7) is 11.1. The molecule has 8 heteroatoms. The standard InChI is InChI=1S/C19H26N6OS.C2H6/c1-6-20-17-11-18(25-19(23-17)16(12-21-25)13(2)3)22-14-7-9-15(10-8-14)27(26)24(4)5;1-2/h7-13,22H,6H2,1-5H3,(H,20,23);1-2H3. The van der Waals surface area contributed by atoms with Gasteiger partial charge in [-0.1, -0.05) is 27.7 Å². The maximum absolute atomic E-state index is 12.2. The fourth-order valence-electron chi connectivity index (χ4n) is 2.76. The van der Waals surface area contributed by atoms with Crippen LogP contribution in [0.1, 0.15) is 46.1 Å². The largest absolute Gasteiger partial charge is 0.370 e. The van der Waals surface area contributed by atoms with Gasteiger partial charge < -0.3 is 10.6 Å². The first-order chi connectivity index (χ1) is 13.9. The molecule has 0 aliphatic rings. The molecular weight excluding hydrogens is 384 g/mol. The zero-order chi connectivity index (χ0) is 21.6. The van der Waals surface area contributed by atoms with Crippen LogP contribution in [0.15, 0.2) is 41.4 Å². The molecule has 158 valence electrons. The van der Waals surface area contributed by atoms with Crippen LogP contribution >= 0.6 is 0 Å². The van der Waals surface area contributed by atoms with E-state index >= 15 is 0 Å². The molecule has 2 aromatic heterocycles. The number of anilines is 3. The lowest BCUT2D eigenvalue weighted by Gasteiger charge is -2.13. The predicted molar refractivity (Wildman–Crippen MR) is 122 cm³/mol. The van der Waals surface area contributed by atoms with Gasteiger partial charge in [0.25, 0.3) is 0 Å². The number of hydrogen-bond donors (Lipinski definition) is 2. The molecule has 7 nitrogen and oxygen atoms in total. The first-order valence-corrected chi connectivity index (χ1v) is 11.1. The third kappa shape index (κ3) is 5.33. The third-order valence-electron chi connectivity index (χ3n) is 4.14. The monoisotopic (exact) mass is 416 g/mol. The Morgan fingerprint density at radius 1 is 1.17 bits per heavy atom. The number of benzene rings is 1. The number of hydrogen-bond acceptors (Lipinski definition) is 5. The second-order valence-corrected chi connectivity index (χ2v) is 8.46. The molecule has 0 saturated carbocycles. The normalized spacial score (nSPS) is 12.0. The zero-order valence-electron chi connectivity index (χ0n) is 18.4. The number of aromatic nitrogens is 3. The van der Waals surface area contributed by atoms with Crippen LogP contribution < -0.4 is 10.6 Å². The summed E-state index contributed by atoms with van der Waals surface area (Å²) in [4.78, 5) is 5.47. The molecule has 1 aromatic carbocycles. The van der Waals surface area contributed by atoms with Gasteiger partial charge >= 0.3 is 0 Å². The maximum Gasteiger partial charge on any atom is 0.163 e. The van der Waals surface area contributed by atoms with Crippen molar-refractivity contribution in [1.82, 2.24) is 18.9 Å². The van der Waals surface area contributed by atoms with E-state index in [1.165, 1.54) is 0 Å². The second-order valence-electron chi connectivity index (χ2n) is 6.76. The lowest BCUT2D eigenvalue weighted by molar-refractivity contribution is 0.603. The molecule has 3 aromatic rings. The minimum atomic E-state index is -1.15. The Labute approximate surface area is 176 Å². The quantitative estimate of drug-likeness (QED) is 0.587. The Kier molecular flexibility index (Phi) is 8.16. The average Bonchev–Trinajstić information content (AvgIpc) is 3.14. The molecule has 0 radical (unpaired) electrons. The first kappa shape index (κ1) is 22.8. The lowest BCUT2D eigenvalue weighted by Crippen LogP contribution is -2.15. The van der Waals surface area contributed by atoms with Gasteiger partial charge in [-0.15, -0.1) is 0 Å². The molecule has 0 spiro atoms. The van der Waals surface area contributed by atoms with Crippen molar-refractivity contribution in [2.45, 2.75) is 45.4 Å². The number of nitrogens with zero attached hydrogens (tertiary/aromatic N) is 4. The summed E-state index contributed by atoms with van der Waals surface area (Å²) in [7, 11) is 2.44. The smallest absolute Gasteiger partial charge is 0.163 e.